The fourth-order valence-corrected chi connectivity index (χ4v) is 4.39. The molecular weight excluding hydrogens is 450 g/mol. The first-order valence-corrected chi connectivity index (χ1v) is 12.3. The number of aromatic nitrogens is 3. The summed E-state index contributed by atoms with van der Waals surface area (Å²) in [6.07, 6.45) is 1.11. The number of nitrogens with one attached hydrogen (secondary N) is 2. The highest BCUT2D eigenvalue weighted by atomic mass is 32.2. The van der Waals surface area contributed by atoms with Crippen LogP contribution < -0.4 is 15.4 Å². The Hall–Kier alpha value is -3.33. The van der Waals surface area contributed by atoms with Crippen LogP contribution in [0, 0.1) is 0 Å². The van der Waals surface area contributed by atoms with Gasteiger partial charge in [-0.2, -0.15) is 0 Å². The van der Waals surface area contributed by atoms with Crippen LogP contribution in [-0.2, 0) is 29.0 Å². The number of nitrogens with zero attached hydrogens (tertiary/aromatic N) is 3. The molecule has 34 heavy (non-hydrogen) atoms. The zero-order valence-corrected chi connectivity index (χ0v) is 20.8. The maximum Gasteiger partial charge on any atom is 0.234 e. The van der Waals surface area contributed by atoms with Gasteiger partial charge in [0.2, 0.25) is 11.8 Å². The molecule has 1 aromatic heterocycles. The first-order valence-electron chi connectivity index (χ1n) is 11.3. The van der Waals surface area contributed by atoms with Crippen molar-refractivity contribution in [3.63, 3.8) is 0 Å². The summed E-state index contributed by atoms with van der Waals surface area (Å²) in [5, 5.41) is 15.2. The van der Waals surface area contributed by atoms with Gasteiger partial charge in [0.05, 0.1) is 25.3 Å². The van der Waals surface area contributed by atoms with Crippen LogP contribution >= 0.6 is 11.8 Å². The summed E-state index contributed by atoms with van der Waals surface area (Å²) >= 11 is 1.33. The number of carbonyl (C=O) groups is 2. The van der Waals surface area contributed by atoms with Crippen molar-refractivity contribution in [3.8, 4) is 5.75 Å². The van der Waals surface area contributed by atoms with E-state index in [4.69, 9.17) is 4.74 Å². The minimum atomic E-state index is -0.321. The zero-order valence-electron chi connectivity index (χ0n) is 20.0. The monoisotopic (exact) mass is 481 g/mol. The van der Waals surface area contributed by atoms with Gasteiger partial charge < -0.3 is 19.9 Å². The Labute approximate surface area is 204 Å². The van der Waals surface area contributed by atoms with Gasteiger partial charge in [0, 0.05) is 12.2 Å². The Kier molecular flexibility index (Phi) is 9.09. The van der Waals surface area contributed by atoms with Gasteiger partial charge in [-0.3, -0.25) is 9.59 Å². The van der Waals surface area contributed by atoms with Crippen LogP contribution in [-0.4, -0.2) is 39.4 Å². The van der Waals surface area contributed by atoms with Crippen LogP contribution in [0.1, 0.15) is 43.8 Å². The van der Waals surface area contributed by atoms with Crippen molar-refractivity contribution in [3.05, 3.63) is 65.5 Å². The highest BCUT2D eigenvalue weighted by Gasteiger charge is 2.20. The maximum absolute atomic E-state index is 12.5. The number of hydrogen-bond acceptors (Lipinski definition) is 6. The number of ether oxygens (including phenoxy) is 1. The molecule has 8 nitrogen and oxygen atoms in total. The third kappa shape index (κ3) is 6.60. The number of aryl methyl sites for hydroxylation is 1. The molecule has 0 saturated carbocycles. The molecule has 2 amide bonds. The minimum absolute atomic E-state index is 0.0982. The number of methoxy groups -OCH3 is 1. The Balaban J connectivity index is 1.58. The smallest absolute Gasteiger partial charge is 0.234 e. The van der Waals surface area contributed by atoms with Crippen molar-refractivity contribution >= 4 is 29.3 Å². The molecule has 0 aliphatic rings. The van der Waals surface area contributed by atoms with E-state index in [1.807, 2.05) is 66.9 Å². The lowest BCUT2D eigenvalue weighted by Crippen LogP contribution is -2.30. The molecule has 2 aromatic carbocycles. The largest absolute Gasteiger partial charge is 0.497 e. The number of rotatable bonds is 11. The summed E-state index contributed by atoms with van der Waals surface area (Å²) in [6.45, 7) is 6.55. The van der Waals surface area contributed by atoms with E-state index in [0.717, 1.165) is 29.0 Å². The average Bonchev–Trinajstić information content (AvgIpc) is 3.26. The van der Waals surface area contributed by atoms with E-state index in [1.54, 1.807) is 7.11 Å². The second kappa shape index (κ2) is 12.2. The maximum atomic E-state index is 12.5. The van der Waals surface area contributed by atoms with E-state index in [1.165, 1.54) is 11.8 Å². The first-order chi connectivity index (χ1) is 16.4. The summed E-state index contributed by atoms with van der Waals surface area (Å²) in [7, 11) is 1.61. The molecule has 180 valence electrons. The van der Waals surface area contributed by atoms with Crippen molar-refractivity contribution in [2.75, 3.05) is 18.2 Å². The lowest BCUT2D eigenvalue weighted by atomic mass is 10.1. The van der Waals surface area contributed by atoms with Gasteiger partial charge in [-0.05, 0) is 49.6 Å². The first kappa shape index (κ1) is 25.3. The Bertz CT molecular complexity index is 1110. The molecule has 0 unspecified atom stereocenters. The topological polar surface area (TPSA) is 98.1 Å². The molecule has 1 atom stereocenters. The van der Waals surface area contributed by atoms with Gasteiger partial charge >= 0.3 is 0 Å². The molecule has 0 aliphatic carbocycles. The predicted octanol–water partition coefficient (Wildman–Crippen LogP) is 4.02. The quantitative estimate of drug-likeness (QED) is 0.402. The average molecular weight is 482 g/mol. The molecule has 0 bridgehead atoms. The van der Waals surface area contributed by atoms with Gasteiger partial charge in [0.1, 0.15) is 5.75 Å². The number of anilines is 1. The molecule has 0 aliphatic heterocycles. The van der Waals surface area contributed by atoms with Gasteiger partial charge in [0.25, 0.3) is 0 Å². The molecule has 3 aromatic rings. The Morgan fingerprint density at radius 3 is 2.47 bits per heavy atom. The summed E-state index contributed by atoms with van der Waals surface area (Å²) in [5.74, 6) is 1.42. The van der Waals surface area contributed by atoms with Gasteiger partial charge in [0.15, 0.2) is 11.0 Å². The van der Waals surface area contributed by atoms with Crippen molar-refractivity contribution in [1.82, 2.24) is 20.1 Å². The normalized spacial score (nSPS) is 11.6. The molecule has 0 fully saturated rings. The summed E-state index contributed by atoms with van der Waals surface area (Å²) in [6, 6.07) is 14.9. The van der Waals surface area contributed by atoms with Crippen molar-refractivity contribution in [1.29, 1.82) is 0 Å². The highest BCUT2D eigenvalue weighted by Crippen LogP contribution is 2.22. The lowest BCUT2D eigenvalue weighted by Gasteiger charge is -2.15. The molecule has 2 N–H and O–H groups in total. The predicted molar refractivity (Wildman–Crippen MR) is 134 cm³/mol. The molecule has 0 saturated heterocycles. The fourth-order valence-electron chi connectivity index (χ4n) is 3.58. The third-order valence-electron chi connectivity index (χ3n) is 5.35. The summed E-state index contributed by atoms with van der Waals surface area (Å²) < 4.78 is 7.08. The summed E-state index contributed by atoms with van der Waals surface area (Å²) in [4.78, 5) is 25.0. The van der Waals surface area contributed by atoms with E-state index in [-0.39, 0.29) is 30.0 Å². The van der Waals surface area contributed by atoms with Crippen LogP contribution in [0.4, 0.5) is 5.69 Å². The van der Waals surface area contributed by atoms with Crippen LogP contribution in [0.2, 0.25) is 0 Å². The Morgan fingerprint density at radius 1 is 1.06 bits per heavy atom. The van der Waals surface area contributed by atoms with Gasteiger partial charge in [-0.1, -0.05) is 49.0 Å². The molecule has 0 radical (unpaired) electrons. The second-order valence-electron chi connectivity index (χ2n) is 7.75. The van der Waals surface area contributed by atoms with E-state index < -0.39 is 0 Å². The van der Waals surface area contributed by atoms with E-state index in [0.29, 0.717) is 17.5 Å². The number of amides is 2. The van der Waals surface area contributed by atoms with Crippen molar-refractivity contribution in [2.45, 2.75) is 51.4 Å². The van der Waals surface area contributed by atoms with Crippen molar-refractivity contribution in [2.24, 2.45) is 0 Å². The number of carbonyl (C=O) groups excluding carboxylic acids is 2. The van der Waals surface area contributed by atoms with Gasteiger partial charge in [-0.25, -0.2) is 0 Å². The van der Waals surface area contributed by atoms with E-state index in [9.17, 15) is 9.59 Å². The van der Waals surface area contributed by atoms with Crippen molar-refractivity contribution < 1.29 is 14.3 Å². The SMILES string of the molecule is CCc1ccccc1NC(=O)CSc1nnc([C@@H](C)NC(=O)Cc2ccc(OC)cc2)n1CC. The van der Waals surface area contributed by atoms with Crippen LogP contribution in [0.25, 0.3) is 0 Å². The number of benzene rings is 2. The lowest BCUT2D eigenvalue weighted by molar-refractivity contribution is -0.121. The number of hydrogen-bond donors (Lipinski definition) is 2. The van der Waals surface area contributed by atoms with Crippen LogP contribution in [0.15, 0.2) is 53.7 Å². The highest BCUT2D eigenvalue weighted by molar-refractivity contribution is 7.99. The zero-order chi connectivity index (χ0) is 24.5. The number of para-hydroxylation sites is 1. The molecule has 0 spiro atoms. The molecule has 9 heteroatoms. The molecule has 3 rings (SSSR count). The molecule has 1 heterocycles. The summed E-state index contributed by atoms with van der Waals surface area (Å²) in [5.41, 5.74) is 2.83. The Morgan fingerprint density at radius 2 is 1.79 bits per heavy atom. The standard InChI is InChI=1S/C25H31N5O3S/c1-5-19-9-7-8-10-21(19)27-23(32)16-34-25-29-28-24(30(25)6-2)17(3)26-22(31)15-18-11-13-20(33-4)14-12-18/h7-14,17H,5-6,15-16H2,1-4H3,(H,26,31)(H,27,32)/t17-/m1/s1. The minimum Gasteiger partial charge on any atom is -0.497 e. The molecular formula is C25H31N5O3S. The number of thioether (sulfide) groups is 1. The van der Waals surface area contributed by atoms with E-state index in [2.05, 4.69) is 27.8 Å². The van der Waals surface area contributed by atoms with E-state index >= 15 is 0 Å². The van der Waals surface area contributed by atoms with Crippen LogP contribution in [0.5, 0.6) is 5.75 Å². The second-order valence-corrected chi connectivity index (χ2v) is 8.69. The fraction of sp³-hybridized carbons (Fsp3) is 0.360. The van der Waals surface area contributed by atoms with Gasteiger partial charge in [-0.15, -0.1) is 10.2 Å². The van der Waals surface area contributed by atoms with Crippen LogP contribution in [0.3, 0.4) is 0 Å². The third-order valence-corrected chi connectivity index (χ3v) is 6.32.